The number of rotatable bonds is 4. The van der Waals surface area contributed by atoms with Gasteiger partial charge in [0.2, 0.25) is 5.91 Å². The van der Waals surface area contributed by atoms with Crippen molar-refractivity contribution >= 4 is 23.6 Å². The van der Waals surface area contributed by atoms with Gasteiger partial charge in [0.25, 0.3) is 0 Å². The van der Waals surface area contributed by atoms with Crippen LogP contribution in [0.3, 0.4) is 0 Å². The van der Waals surface area contributed by atoms with E-state index in [0.717, 1.165) is 36.8 Å². The molecule has 1 fully saturated rings. The number of benzene rings is 1. The molecule has 1 aromatic carbocycles. The highest BCUT2D eigenvalue weighted by molar-refractivity contribution is 6.31. The molecule has 0 radical (unpaired) electrons. The van der Waals surface area contributed by atoms with E-state index in [4.69, 9.17) is 11.6 Å². The van der Waals surface area contributed by atoms with Crippen molar-refractivity contribution in [2.75, 3.05) is 32.7 Å². The van der Waals surface area contributed by atoms with Crippen molar-refractivity contribution in [3.05, 3.63) is 40.9 Å². The van der Waals surface area contributed by atoms with Crippen LogP contribution in [0.1, 0.15) is 18.9 Å². The maximum atomic E-state index is 11.8. The molecular weight excluding hydrogens is 272 g/mol. The second-order valence-corrected chi connectivity index (χ2v) is 5.49. The Morgan fingerprint density at radius 1 is 1.25 bits per heavy atom. The Morgan fingerprint density at radius 2 is 2.00 bits per heavy atom. The van der Waals surface area contributed by atoms with Gasteiger partial charge in [-0.3, -0.25) is 9.69 Å². The lowest BCUT2D eigenvalue weighted by atomic mass is 10.2. The van der Waals surface area contributed by atoms with Gasteiger partial charge in [-0.25, -0.2) is 0 Å². The third-order valence-corrected chi connectivity index (χ3v) is 3.79. The maximum absolute atomic E-state index is 11.8. The van der Waals surface area contributed by atoms with E-state index < -0.39 is 0 Å². The zero-order valence-corrected chi connectivity index (χ0v) is 12.6. The first-order valence-corrected chi connectivity index (χ1v) is 7.48. The molecule has 1 amide bonds. The first-order valence-electron chi connectivity index (χ1n) is 7.10. The fraction of sp³-hybridized carbons (Fsp3) is 0.438. The topological polar surface area (TPSA) is 23.6 Å². The van der Waals surface area contributed by atoms with Crippen LogP contribution in [0, 0.1) is 0 Å². The second-order valence-electron chi connectivity index (χ2n) is 5.00. The molecule has 20 heavy (non-hydrogen) atoms. The highest BCUT2D eigenvalue weighted by Gasteiger charge is 2.19. The summed E-state index contributed by atoms with van der Waals surface area (Å²) in [5.41, 5.74) is 1.11. The van der Waals surface area contributed by atoms with E-state index in [1.165, 1.54) is 0 Å². The summed E-state index contributed by atoms with van der Waals surface area (Å²) in [5, 5.41) is 0.814. The lowest BCUT2D eigenvalue weighted by Gasteiger charge is -2.20. The number of halogens is 1. The SMILES string of the molecule is CCN1CCN(C/C(Cl)=C/c2ccccc2)CCC1=O. The van der Waals surface area contributed by atoms with E-state index in [1.54, 1.807) is 0 Å². The molecule has 1 aliphatic heterocycles. The van der Waals surface area contributed by atoms with E-state index in [-0.39, 0.29) is 5.91 Å². The lowest BCUT2D eigenvalue weighted by molar-refractivity contribution is -0.130. The van der Waals surface area contributed by atoms with Gasteiger partial charge < -0.3 is 4.90 Å². The van der Waals surface area contributed by atoms with Crippen molar-refractivity contribution in [1.82, 2.24) is 9.80 Å². The summed E-state index contributed by atoms with van der Waals surface area (Å²) in [5.74, 6) is 0.248. The number of carbonyl (C=O) groups is 1. The average Bonchev–Trinajstić information content (AvgIpc) is 2.62. The molecule has 0 aliphatic carbocycles. The van der Waals surface area contributed by atoms with Crippen molar-refractivity contribution in [3.8, 4) is 0 Å². The van der Waals surface area contributed by atoms with Gasteiger partial charge in [0.1, 0.15) is 0 Å². The summed E-state index contributed by atoms with van der Waals surface area (Å²) in [6, 6.07) is 10.1. The van der Waals surface area contributed by atoms with Gasteiger partial charge in [0, 0.05) is 44.2 Å². The van der Waals surface area contributed by atoms with Crippen molar-refractivity contribution < 1.29 is 4.79 Å². The fourth-order valence-corrected chi connectivity index (χ4v) is 2.69. The summed E-state index contributed by atoms with van der Waals surface area (Å²) in [6.45, 7) is 5.99. The van der Waals surface area contributed by atoms with Crippen LogP contribution in [0.25, 0.3) is 6.08 Å². The van der Waals surface area contributed by atoms with Crippen molar-refractivity contribution in [2.24, 2.45) is 0 Å². The average molecular weight is 293 g/mol. The molecule has 1 saturated heterocycles. The van der Waals surface area contributed by atoms with Crippen LogP contribution in [0.4, 0.5) is 0 Å². The van der Waals surface area contributed by atoms with Crippen LogP contribution >= 0.6 is 11.6 Å². The summed E-state index contributed by atoms with van der Waals surface area (Å²) >= 11 is 6.33. The van der Waals surface area contributed by atoms with Crippen LogP contribution in [-0.4, -0.2) is 48.4 Å². The third kappa shape index (κ3) is 4.36. The van der Waals surface area contributed by atoms with Crippen molar-refractivity contribution in [3.63, 3.8) is 0 Å². The van der Waals surface area contributed by atoms with Crippen LogP contribution in [-0.2, 0) is 4.79 Å². The Morgan fingerprint density at radius 3 is 2.70 bits per heavy atom. The molecule has 0 atom stereocenters. The Labute approximate surface area is 125 Å². The number of hydrogen-bond donors (Lipinski definition) is 0. The minimum Gasteiger partial charge on any atom is -0.342 e. The Balaban J connectivity index is 1.93. The third-order valence-electron chi connectivity index (χ3n) is 3.56. The Bertz CT molecular complexity index is 473. The molecule has 0 N–H and O–H groups in total. The van der Waals surface area contributed by atoms with E-state index in [1.807, 2.05) is 48.2 Å². The Hall–Kier alpha value is -1.32. The molecule has 0 aromatic heterocycles. The van der Waals surface area contributed by atoms with Gasteiger partial charge in [-0.1, -0.05) is 41.9 Å². The normalized spacial score (nSPS) is 18.2. The highest BCUT2D eigenvalue weighted by Crippen LogP contribution is 2.13. The minimum atomic E-state index is 0.248. The van der Waals surface area contributed by atoms with E-state index >= 15 is 0 Å². The monoisotopic (exact) mass is 292 g/mol. The fourth-order valence-electron chi connectivity index (χ4n) is 2.39. The Kier molecular flexibility index (Phi) is 5.62. The van der Waals surface area contributed by atoms with Crippen LogP contribution in [0.5, 0.6) is 0 Å². The molecule has 2 rings (SSSR count). The number of hydrogen-bond acceptors (Lipinski definition) is 2. The van der Waals surface area contributed by atoms with Gasteiger partial charge in [0.15, 0.2) is 0 Å². The minimum absolute atomic E-state index is 0.248. The smallest absolute Gasteiger partial charge is 0.223 e. The predicted molar refractivity (Wildman–Crippen MR) is 83.6 cm³/mol. The zero-order valence-electron chi connectivity index (χ0n) is 11.9. The molecule has 0 bridgehead atoms. The van der Waals surface area contributed by atoms with Crippen molar-refractivity contribution in [2.45, 2.75) is 13.3 Å². The van der Waals surface area contributed by atoms with Gasteiger partial charge in [0.05, 0.1) is 0 Å². The molecule has 3 nitrogen and oxygen atoms in total. The van der Waals surface area contributed by atoms with E-state index in [0.29, 0.717) is 13.0 Å². The predicted octanol–water partition coefficient (Wildman–Crippen LogP) is 2.82. The first kappa shape index (κ1) is 15.1. The molecule has 0 saturated carbocycles. The molecule has 4 heteroatoms. The molecular formula is C16H21ClN2O. The summed E-state index contributed by atoms with van der Waals surface area (Å²) < 4.78 is 0. The first-order chi connectivity index (χ1) is 9.69. The lowest BCUT2D eigenvalue weighted by Crippen LogP contribution is -2.33. The zero-order chi connectivity index (χ0) is 14.4. The van der Waals surface area contributed by atoms with Crippen LogP contribution in [0.15, 0.2) is 35.4 Å². The molecule has 1 heterocycles. The standard InChI is InChI=1S/C16H21ClN2O/c1-2-19-11-10-18(9-8-16(19)20)13-15(17)12-14-6-4-3-5-7-14/h3-7,12H,2,8-11,13H2,1H3/b15-12-. The highest BCUT2D eigenvalue weighted by atomic mass is 35.5. The summed E-state index contributed by atoms with van der Waals surface area (Å²) in [7, 11) is 0. The largest absolute Gasteiger partial charge is 0.342 e. The van der Waals surface area contributed by atoms with E-state index in [9.17, 15) is 4.79 Å². The van der Waals surface area contributed by atoms with Gasteiger partial charge in [-0.05, 0) is 18.6 Å². The summed E-state index contributed by atoms with van der Waals surface area (Å²) in [4.78, 5) is 16.0. The quantitative estimate of drug-likeness (QED) is 0.852. The van der Waals surface area contributed by atoms with Crippen molar-refractivity contribution in [1.29, 1.82) is 0 Å². The van der Waals surface area contributed by atoms with Gasteiger partial charge in [-0.15, -0.1) is 0 Å². The molecule has 108 valence electrons. The number of carbonyl (C=O) groups excluding carboxylic acids is 1. The maximum Gasteiger partial charge on any atom is 0.223 e. The molecule has 1 aliphatic rings. The number of likely N-dealkylation sites (N-methyl/N-ethyl adjacent to an activating group) is 1. The van der Waals surface area contributed by atoms with Crippen LogP contribution < -0.4 is 0 Å². The molecule has 0 spiro atoms. The second kappa shape index (κ2) is 7.46. The molecule has 0 unspecified atom stereocenters. The van der Waals surface area contributed by atoms with E-state index in [2.05, 4.69) is 4.90 Å². The van der Waals surface area contributed by atoms with Gasteiger partial charge >= 0.3 is 0 Å². The number of nitrogens with zero attached hydrogens (tertiary/aromatic N) is 2. The molecule has 1 aromatic rings. The summed E-state index contributed by atoms with van der Waals surface area (Å²) in [6.07, 6.45) is 2.58. The van der Waals surface area contributed by atoms with Gasteiger partial charge in [-0.2, -0.15) is 0 Å². The number of amides is 1. The van der Waals surface area contributed by atoms with Crippen LogP contribution in [0.2, 0.25) is 0 Å².